The molecule has 1 aliphatic heterocycles. The van der Waals surface area contributed by atoms with Gasteiger partial charge in [-0.1, -0.05) is 13.8 Å². The number of nitrogens with one attached hydrogen (secondary N) is 1. The molecule has 2 fully saturated rings. The predicted octanol–water partition coefficient (Wildman–Crippen LogP) is 2.89. The van der Waals surface area contributed by atoms with Crippen LogP contribution in [0.1, 0.15) is 52.9 Å². The van der Waals surface area contributed by atoms with Crippen molar-refractivity contribution in [3.05, 3.63) is 0 Å². The standard InChI is InChI=1S/C15H30N2/c1-4-15(8-9-15)12-16-13(3)14-6-10-17(5-2)11-7-14/h13-14,16H,4-12H2,1-3H3. The summed E-state index contributed by atoms with van der Waals surface area (Å²) in [4.78, 5) is 2.58. The van der Waals surface area contributed by atoms with Gasteiger partial charge in [-0.25, -0.2) is 0 Å². The maximum absolute atomic E-state index is 3.82. The lowest BCUT2D eigenvalue weighted by Gasteiger charge is -2.35. The van der Waals surface area contributed by atoms with E-state index in [2.05, 4.69) is 31.0 Å². The second-order valence-electron chi connectivity index (χ2n) is 6.29. The van der Waals surface area contributed by atoms with Crippen molar-refractivity contribution in [3.8, 4) is 0 Å². The fraction of sp³-hybridized carbons (Fsp3) is 1.00. The minimum Gasteiger partial charge on any atom is -0.313 e. The van der Waals surface area contributed by atoms with E-state index in [9.17, 15) is 0 Å². The van der Waals surface area contributed by atoms with E-state index in [1.165, 1.54) is 58.3 Å². The van der Waals surface area contributed by atoms with E-state index in [0.717, 1.165) is 12.0 Å². The second-order valence-corrected chi connectivity index (χ2v) is 6.29. The average Bonchev–Trinajstić information content (AvgIpc) is 3.17. The van der Waals surface area contributed by atoms with Crippen LogP contribution in [0.5, 0.6) is 0 Å². The van der Waals surface area contributed by atoms with E-state index in [0.29, 0.717) is 5.41 Å². The minimum absolute atomic E-state index is 0.693. The fourth-order valence-electron chi connectivity index (χ4n) is 3.15. The van der Waals surface area contributed by atoms with Gasteiger partial charge in [0, 0.05) is 12.6 Å². The molecule has 100 valence electrons. The third-order valence-electron chi connectivity index (χ3n) is 5.29. The van der Waals surface area contributed by atoms with Gasteiger partial charge in [-0.05, 0) is 70.0 Å². The Morgan fingerprint density at radius 3 is 2.35 bits per heavy atom. The Morgan fingerprint density at radius 2 is 1.88 bits per heavy atom. The van der Waals surface area contributed by atoms with Crippen LogP contribution >= 0.6 is 0 Å². The molecule has 2 heteroatoms. The summed E-state index contributed by atoms with van der Waals surface area (Å²) in [6.45, 7) is 12.1. The smallest absolute Gasteiger partial charge is 0.00681 e. The van der Waals surface area contributed by atoms with Gasteiger partial charge >= 0.3 is 0 Å². The van der Waals surface area contributed by atoms with Crippen LogP contribution in [0.3, 0.4) is 0 Å². The number of likely N-dealkylation sites (tertiary alicyclic amines) is 1. The zero-order valence-corrected chi connectivity index (χ0v) is 12.0. The molecule has 0 aromatic rings. The number of hydrogen-bond donors (Lipinski definition) is 1. The van der Waals surface area contributed by atoms with E-state index in [1.54, 1.807) is 0 Å². The van der Waals surface area contributed by atoms with Crippen molar-refractivity contribution in [3.63, 3.8) is 0 Å². The molecule has 1 N–H and O–H groups in total. The van der Waals surface area contributed by atoms with Gasteiger partial charge < -0.3 is 10.2 Å². The van der Waals surface area contributed by atoms with E-state index >= 15 is 0 Å². The molecule has 2 nitrogen and oxygen atoms in total. The topological polar surface area (TPSA) is 15.3 Å². The highest BCUT2D eigenvalue weighted by molar-refractivity contribution is 4.94. The first-order chi connectivity index (χ1) is 8.19. The van der Waals surface area contributed by atoms with Gasteiger partial charge in [-0.15, -0.1) is 0 Å². The highest BCUT2D eigenvalue weighted by atomic mass is 15.1. The molecule has 0 aromatic carbocycles. The van der Waals surface area contributed by atoms with Crippen molar-refractivity contribution in [2.45, 2.75) is 58.9 Å². The first-order valence-electron chi connectivity index (χ1n) is 7.65. The lowest BCUT2D eigenvalue weighted by atomic mass is 9.89. The summed E-state index contributed by atoms with van der Waals surface area (Å²) >= 11 is 0. The van der Waals surface area contributed by atoms with E-state index in [1.807, 2.05) is 0 Å². The SMILES string of the molecule is CCN1CCC(C(C)NCC2(CC)CC2)CC1. The zero-order valence-electron chi connectivity index (χ0n) is 12.0. The van der Waals surface area contributed by atoms with Crippen molar-refractivity contribution in [1.29, 1.82) is 0 Å². The van der Waals surface area contributed by atoms with Gasteiger partial charge in [-0.2, -0.15) is 0 Å². The van der Waals surface area contributed by atoms with Crippen LogP contribution < -0.4 is 5.32 Å². The summed E-state index contributed by atoms with van der Waals surface area (Å²) in [5, 5.41) is 3.82. The first-order valence-corrected chi connectivity index (χ1v) is 7.65. The van der Waals surface area contributed by atoms with E-state index in [-0.39, 0.29) is 0 Å². The van der Waals surface area contributed by atoms with Crippen LogP contribution in [-0.4, -0.2) is 37.1 Å². The molecule has 0 bridgehead atoms. The molecule has 1 unspecified atom stereocenters. The monoisotopic (exact) mass is 238 g/mol. The molecule has 17 heavy (non-hydrogen) atoms. The lowest BCUT2D eigenvalue weighted by molar-refractivity contribution is 0.166. The summed E-state index contributed by atoms with van der Waals surface area (Å²) in [7, 11) is 0. The summed E-state index contributed by atoms with van der Waals surface area (Å²) in [6, 6.07) is 0.720. The minimum atomic E-state index is 0.693. The summed E-state index contributed by atoms with van der Waals surface area (Å²) < 4.78 is 0. The average molecular weight is 238 g/mol. The van der Waals surface area contributed by atoms with Gasteiger partial charge in [0.05, 0.1) is 0 Å². The van der Waals surface area contributed by atoms with Crippen LogP contribution in [0.2, 0.25) is 0 Å². The Labute approximate surface area is 107 Å². The molecule has 0 amide bonds. The molecule has 0 spiro atoms. The highest BCUT2D eigenvalue weighted by Gasteiger charge is 2.40. The highest BCUT2D eigenvalue weighted by Crippen LogP contribution is 2.48. The molecule has 2 rings (SSSR count). The molecule has 1 aliphatic carbocycles. The molecular weight excluding hydrogens is 208 g/mol. The molecule has 1 atom stereocenters. The van der Waals surface area contributed by atoms with Crippen molar-refractivity contribution < 1.29 is 0 Å². The van der Waals surface area contributed by atoms with Crippen LogP contribution in [0, 0.1) is 11.3 Å². The second kappa shape index (κ2) is 5.71. The van der Waals surface area contributed by atoms with E-state index in [4.69, 9.17) is 0 Å². The van der Waals surface area contributed by atoms with Crippen molar-refractivity contribution >= 4 is 0 Å². The lowest BCUT2D eigenvalue weighted by Crippen LogP contribution is -2.43. The Hall–Kier alpha value is -0.0800. The Morgan fingerprint density at radius 1 is 1.24 bits per heavy atom. The Bertz CT molecular complexity index is 227. The molecular formula is C15H30N2. The molecule has 0 radical (unpaired) electrons. The Kier molecular flexibility index (Phi) is 4.48. The van der Waals surface area contributed by atoms with Crippen LogP contribution in [0.25, 0.3) is 0 Å². The van der Waals surface area contributed by atoms with Gasteiger partial charge in [0.15, 0.2) is 0 Å². The van der Waals surface area contributed by atoms with Crippen molar-refractivity contribution in [2.75, 3.05) is 26.2 Å². The molecule has 1 saturated carbocycles. The molecule has 1 saturated heterocycles. The van der Waals surface area contributed by atoms with Crippen LogP contribution in [-0.2, 0) is 0 Å². The van der Waals surface area contributed by atoms with Gasteiger partial charge in [0.1, 0.15) is 0 Å². The molecule has 1 heterocycles. The zero-order chi connectivity index (χ0) is 12.3. The maximum atomic E-state index is 3.82. The van der Waals surface area contributed by atoms with E-state index < -0.39 is 0 Å². The predicted molar refractivity (Wildman–Crippen MR) is 74.3 cm³/mol. The molecule has 0 aromatic heterocycles. The summed E-state index contributed by atoms with van der Waals surface area (Å²) in [5.74, 6) is 0.908. The number of hydrogen-bond acceptors (Lipinski definition) is 2. The summed E-state index contributed by atoms with van der Waals surface area (Å²) in [6.07, 6.45) is 7.05. The van der Waals surface area contributed by atoms with Crippen LogP contribution in [0.15, 0.2) is 0 Å². The fourth-order valence-corrected chi connectivity index (χ4v) is 3.15. The summed E-state index contributed by atoms with van der Waals surface area (Å²) in [5.41, 5.74) is 0.693. The van der Waals surface area contributed by atoms with Crippen molar-refractivity contribution in [1.82, 2.24) is 10.2 Å². The first kappa shape index (κ1) is 13.4. The van der Waals surface area contributed by atoms with Gasteiger partial charge in [0.25, 0.3) is 0 Å². The van der Waals surface area contributed by atoms with Crippen molar-refractivity contribution in [2.24, 2.45) is 11.3 Å². The number of piperidine rings is 1. The van der Waals surface area contributed by atoms with Gasteiger partial charge in [-0.3, -0.25) is 0 Å². The normalized spacial score (nSPS) is 27.0. The molecule has 2 aliphatic rings. The third-order valence-corrected chi connectivity index (χ3v) is 5.29. The Balaban J connectivity index is 1.68. The largest absolute Gasteiger partial charge is 0.313 e. The number of nitrogens with zero attached hydrogens (tertiary/aromatic N) is 1. The quantitative estimate of drug-likeness (QED) is 0.765. The third kappa shape index (κ3) is 3.45. The van der Waals surface area contributed by atoms with Gasteiger partial charge in [0.2, 0.25) is 0 Å². The maximum Gasteiger partial charge on any atom is 0.00681 e. The van der Waals surface area contributed by atoms with Crippen LogP contribution in [0.4, 0.5) is 0 Å². The number of rotatable bonds is 6.